The molecule has 0 saturated carbocycles. The van der Waals surface area contributed by atoms with E-state index in [4.69, 9.17) is 0 Å². The van der Waals surface area contributed by atoms with E-state index in [1.165, 1.54) is 6.42 Å². The van der Waals surface area contributed by atoms with Crippen LogP contribution in [0.3, 0.4) is 0 Å². The van der Waals surface area contributed by atoms with Crippen LogP contribution in [0.15, 0.2) is 18.5 Å². The van der Waals surface area contributed by atoms with E-state index in [1.807, 2.05) is 18.5 Å². The number of aromatic amines is 1. The molecule has 1 amide bonds. The van der Waals surface area contributed by atoms with Crippen molar-refractivity contribution in [2.75, 3.05) is 6.54 Å². The second kappa shape index (κ2) is 4.98. The Balaban J connectivity index is 1.76. The van der Waals surface area contributed by atoms with Crippen molar-refractivity contribution in [1.82, 2.24) is 15.6 Å². The topological polar surface area (TPSA) is 56.9 Å². The summed E-state index contributed by atoms with van der Waals surface area (Å²) >= 11 is 0. The number of aromatic nitrogens is 1. The number of hydrogen-bond donors (Lipinski definition) is 3. The lowest BCUT2D eigenvalue weighted by Gasteiger charge is -2.22. The third-order valence-electron chi connectivity index (χ3n) is 2.76. The largest absolute Gasteiger partial charge is 0.367 e. The lowest BCUT2D eigenvalue weighted by Crippen LogP contribution is -2.46. The van der Waals surface area contributed by atoms with Gasteiger partial charge in [-0.15, -0.1) is 0 Å². The Labute approximate surface area is 89.5 Å². The maximum Gasteiger partial charge on any atom is 0.237 e. The van der Waals surface area contributed by atoms with Gasteiger partial charge in [0.1, 0.15) is 0 Å². The van der Waals surface area contributed by atoms with Gasteiger partial charge in [0.25, 0.3) is 0 Å². The molecule has 15 heavy (non-hydrogen) atoms. The standard InChI is InChI=1S/C11H17N3O/c15-11(10-3-1-2-5-13-10)14-8-9-4-6-12-7-9/h4,6-7,10,12-13H,1-3,5,8H2,(H,14,15). The number of carbonyl (C=O) groups is 1. The van der Waals surface area contributed by atoms with Gasteiger partial charge in [-0.2, -0.15) is 0 Å². The highest BCUT2D eigenvalue weighted by Crippen LogP contribution is 2.07. The summed E-state index contributed by atoms with van der Waals surface area (Å²) in [6.07, 6.45) is 7.05. The van der Waals surface area contributed by atoms with Crippen molar-refractivity contribution >= 4 is 5.91 Å². The average molecular weight is 207 g/mol. The molecular formula is C11H17N3O. The van der Waals surface area contributed by atoms with E-state index < -0.39 is 0 Å². The molecule has 1 unspecified atom stereocenters. The fourth-order valence-corrected chi connectivity index (χ4v) is 1.86. The molecule has 0 aliphatic carbocycles. The van der Waals surface area contributed by atoms with E-state index >= 15 is 0 Å². The lowest BCUT2D eigenvalue weighted by molar-refractivity contribution is -0.123. The summed E-state index contributed by atoms with van der Waals surface area (Å²) in [5.74, 6) is 0.121. The summed E-state index contributed by atoms with van der Waals surface area (Å²) in [5.41, 5.74) is 1.11. The minimum absolute atomic E-state index is 0.0118. The van der Waals surface area contributed by atoms with Crippen molar-refractivity contribution in [3.63, 3.8) is 0 Å². The first-order valence-corrected chi connectivity index (χ1v) is 5.49. The molecule has 1 saturated heterocycles. The number of hydrogen-bond acceptors (Lipinski definition) is 2. The maximum atomic E-state index is 11.7. The zero-order valence-electron chi connectivity index (χ0n) is 8.75. The molecule has 1 aromatic rings. The second-order valence-corrected chi connectivity index (χ2v) is 3.94. The van der Waals surface area contributed by atoms with E-state index in [2.05, 4.69) is 15.6 Å². The van der Waals surface area contributed by atoms with Crippen molar-refractivity contribution in [3.05, 3.63) is 24.0 Å². The van der Waals surface area contributed by atoms with Crippen molar-refractivity contribution in [2.24, 2.45) is 0 Å². The van der Waals surface area contributed by atoms with Gasteiger partial charge >= 0.3 is 0 Å². The highest BCUT2D eigenvalue weighted by atomic mass is 16.2. The Morgan fingerprint density at radius 2 is 2.47 bits per heavy atom. The van der Waals surface area contributed by atoms with Crippen LogP contribution in [-0.2, 0) is 11.3 Å². The molecule has 0 aromatic carbocycles. The number of rotatable bonds is 3. The van der Waals surface area contributed by atoms with Crippen molar-refractivity contribution in [3.8, 4) is 0 Å². The average Bonchev–Trinajstić information content (AvgIpc) is 2.80. The predicted octanol–water partition coefficient (Wildman–Crippen LogP) is 0.773. The van der Waals surface area contributed by atoms with E-state index in [0.29, 0.717) is 6.54 Å². The maximum absolute atomic E-state index is 11.7. The molecule has 2 rings (SSSR count). The predicted molar refractivity (Wildman–Crippen MR) is 58.3 cm³/mol. The van der Waals surface area contributed by atoms with Gasteiger partial charge in [-0.25, -0.2) is 0 Å². The third-order valence-corrected chi connectivity index (χ3v) is 2.76. The molecule has 1 atom stereocenters. The number of carbonyl (C=O) groups excluding carboxylic acids is 1. The minimum atomic E-state index is 0.0118. The molecule has 4 nitrogen and oxygen atoms in total. The van der Waals surface area contributed by atoms with E-state index in [0.717, 1.165) is 24.9 Å². The van der Waals surface area contributed by atoms with Crippen LogP contribution in [0.1, 0.15) is 24.8 Å². The Bertz CT molecular complexity index is 302. The first-order valence-electron chi connectivity index (χ1n) is 5.49. The summed E-state index contributed by atoms with van der Waals surface area (Å²) in [5, 5.41) is 6.16. The van der Waals surface area contributed by atoms with Gasteiger partial charge in [-0.3, -0.25) is 4.79 Å². The highest BCUT2D eigenvalue weighted by molar-refractivity contribution is 5.81. The SMILES string of the molecule is O=C(NCc1cc[nH]c1)C1CCCCN1. The van der Waals surface area contributed by atoms with E-state index in [1.54, 1.807) is 0 Å². The number of piperidine rings is 1. The Hall–Kier alpha value is -1.29. The van der Waals surface area contributed by atoms with Gasteiger partial charge in [-0.1, -0.05) is 6.42 Å². The van der Waals surface area contributed by atoms with E-state index in [-0.39, 0.29) is 11.9 Å². The zero-order valence-corrected chi connectivity index (χ0v) is 8.75. The van der Waals surface area contributed by atoms with Crippen LogP contribution < -0.4 is 10.6 Å². The fraction of sp³-hybridized carbons (Fsp3) is 0.545. The second-order valence-electron chi connectivity index (χ2n) is 3.94. The smallest absolute Gasteiger partial charge is 0.237 e. The molecule has 1 aromatic heterocycles. The molecular weight excluding hydrogens is 190 g/mol. The van der Waals surface area contributed by atoms with Crippen LogP contribution in [0.4, 0.5) is 0 Å². The van der Waals surface area contributed by atoms with Crippen molar-refractivity contribution < 1.29 is 4.79 Å². The molecule has 2 heterocycles. The van der Waals surface area contributed by atoms with Crippen LogP contribution in [0.2, 0.25) is 0 Å². The van der Waals surface area contributed by atoms with Crippen LogP contribution >= 0.6 is 0 Å². The van der Waals surface area contributed by atoms with Gasteiger partial charge in [0.05, 0.1) is 6.04 Å². The first-order chi connectivity index (χ1) is 7.36. The van der Waals surface area contributed by atoms with Crippen LogP contribution in [-0.4, -0.2) is 23.5 Å². The summed E-state index contributed by atoms with van der Waals surface area (Å²) in [4.78, 5) is 14.7. The molecule has 0 bridgehead atoms. The quantitative estimate of drug-likeness (QED) is 0.686. The van der Waals surface area contributed by atoms with Gasteiger partial charge in [-0.05, 0) is 31.0 Å². The normalized spacial score (nSPS) is 21.2. The molecule has 0 spiro atoms. The summed E-state index contributed by atoms with van der Waals surface area (Å²) in [6, 6.07) is 1.98. The summed E-state index contributed by atoms with van der Waals surface area (Å²) in [6.45, 7) is 1.57. The monoisotopic (exact) mass is 207 g/mol. The molecule has 3 N–H and O–H groups in total. The number of nitrogens with one attached hydrogen (secondary N) is 3. The van der Waals surface area contributed by atoms with Crippen molar-refractivity contribution in [1.29, 1.82) is 0 Å². The van der Waals surface area contributed by atoms with Gasteiger partial charge in [0.2, 0.25) is 5.91 Å². The van der Waals surface area contributed by atoms with Crippen LogP contribution in [0.5, 0.6) is 0 Å². The fourth-order valence-electron chi connectivity index (χ4n) is 1.86. The molecule has 0 radical (unpaired) electrons. The molecule has 4 heteroatoms. The van der Waals surface area contributed by atoms with Gasteiger partial charge in [0, 0.05) is 18.9 Å². The molecule has 1 aliphatic rings. The third kappa shape index (κ3) is 2.83. The zero-order chi connectivity index (χ0) is 10.5. The van der Waals surface area contributed by atoms with Gasteiger partial charge in [0.15, 0.2) is 0 Å². The lowest BCUT2D eigenvalue weighted by atomic mass is 10.0. The number of H-pyrrole nitrogens is 1. The Morgan fingerprint density at radius 1 is 1.53 bits per heavy atom. The van der Waals surface area contributed by atoms with Crippen molar-refractivity contribution in [2.45, 2.75) is 31.8 Å². The highest BCUT2D eigenvalue weighted by Gasteiger charge is 2.19. The summed E-state index contributed by atoms with van der Waals surface area (Å²) in [7, 11) is 0. The number of amides is 1. The van der Waals surface area contributed by atoms with Gasteiger partial charge < -0.3 is 15.6 Å². The van der Waals surface area contributed by atoms with Crippen LogP contribution in [0.25, 0.3) is 0 Å². The Morgan fingerprint density at radius 3 is 3.13 bits per heavy atom. The molecule has 82 valence electrons. The molecule has 1 fully saturated rings. The van der Waals surface area contributed by atoms with Crippen LogP contribution in [0, 0.1) is 0 Å². The minimum Gasteiger partial charge on any atom is -0.367 e. The first kappa shape index (κ1) is 10.2. The van der Waals surface area contributed by atoms with E-state index in [9.17, 15) is 4.79 Å². The summed E-state index contributed by atoms with van der Waals surface area (Å²) < 4.78 is 0. The molecule has 1 aliphatic heterocycles. The Kier molecular flexibility index (Phi) is 3.40.